The molecule has 1 aliphatic heterocycles. The van der Waals surface area contributed by atoms with Crippen molar-refractivity contribution in [2.24, 2.45) is 0 Å². The Bertz CT molecular complexity index is 945. The summed E-state index contributed by atoms with van der Waals surface area (Å²) in [6, 6.07) is 16.3. The summed E-state index contributed by atoms with van der Waals surface area (Å²) in [7, 11) is 1.60. The third kappa shape index (κ3) is 3.38. The molecule has 6 nitrogen and oxygen atoms in total. The number of likely N-dealkylation sites (tertiary alicyclic amines) is 1. The summed E-state index contributed by atoms with van der Waals surface area (Å²) in [5, 5.41) is 3.88. The predicted molar refractivity (Wildman–Crippen MR) is 104 cm³/mol. The molecule has 0 aliphatic carbocycles. The second-order valence-corrected chi connectivity index (χ2v) is 6.64. The van der Waals surface area contributed by atoms with E-state index in [9.17, 15) is 9.59 Å². The summed E-state index contributed by atoms with van der Waals surface area (Å²) in [4.78, 5) is 30.5. The molecular formula is C21H21N3O3. The number of anilines is 1. The second kappa shape index (κ2) is 7.15. The number of benzene rings is 2. The summed E-state index contributed by atoms with van der Waals surface area (Å²) >= 11 is 0. The Labute approximate surface area is 157 Å². The molecule has 2 heterocycles. The molecule has 1 atom stereocenters. The van der Waals surface area contributed by atoms with E-state index in [1.807, 2.05) is 30.3 Å². The van der Waals surface area contributed by atoms with Gasteiger partial charge in [0.2, 0.25) is 5.91 Å². The van der Waals surface area contributed by atoms with Crippen LogP contribution >= 0.6 is 0 Å². The molecule has 2 aromatic carbocycles. The lowest BCUT2D eigenvalue weighted by Crippen LogP contribution is -2.43. The van der Waals surface area contributed by atoms with Crippen molar-refractivity contribution < 1.29 is 14.3 Å². The van der Waals surface area contributed by atoms with Crippen molar-refractivity contribution in [1.82, 2.24) is 9.88 Å². The summed E-state index contributed by atoms with van der Waals surface area (Å²) in [5.41, 5.74) is 2.12. The number of methoxy groups -OCH3 is 1. The molecule has 0 unspecified atom stereocenters. The van der Waals surface area contributed by atoms with Crippen LogP contribution in [0.2, 0.25) is 0 Å². The number of nitrogens with one attached hydrogen (secondary N) is 2. The molecule has 3 aromatic rings. The maximum absolute atomic E-state index is 13.0. The number of hydrogen-bond donors (Lipinski definition) is 2. The van der Waals surface area contributed by atoms with Gasteiger partial charge in [0.25, 0.3) is 5.91 Å². The van der Waals surface area contributed by atoms with E-state index < -0.39 is 6.04 Å². The maximum atomic E-state index is 13.0. The molecule has 6 heteroatoms. The first-order valence-corrected chi connectivity index (χ1v) is 8.99. The van der Waals surface area contributed by atoms with Gasteiger partial charge < -0.3 is 19.9 Å². The SMILES string of the molecule is COc1ccc(NC(=O)[C@@H]2CCCN2C(=O)c2cc3ccccc3[nH]2)cc1. The average Bonchev–Trinajstić information content (AvgIpc) is 3.35. The number of ether oxygens (including phenoxy) is 1. The Hall–Kier alpha value is -3.28. The molecule has 1 saturated heterocycles. The molecule has 4 rings (SSSR count). The highest BCUT2D eigenvalue weighted by Crippen LogP contribution is 2.24. The first-order valence-electron chi connectivity index (χ1n) is 8.99. The fraction of sp³-hybridized carbons (Fsp3) is 0.238. The molecule has 0 radical (unpaired) electrons. The van der Waals surface area contributed by atoms with Gasteiger partial charge in [-0.3, -0.25) is 9.59 Å². The van der Waals surface area contributed by atoms with Gasteiger partial charge in [0.05, 0.1) is 7.11 Å². The number of para-hydroxylation sites is 1. The van der Waals surface area contributed by atoms with Crippen molar-refractivity contribution in [3.8, 4) is 5.75 Å². The number of H-pyrrole nitrogens is 1. The van der Waals surface area contributed by atoms with E-state index in [1.54, 1.807) is 36.3 Å². The minimum atomic E-state index is -0.467. The molecular weight excluding hydrogens is 342 g/mol. The summed E-state index contributed by atoms with van der Waals surface area (Å²) in [5.74, 6) is 0.421. The van der Waals surface area contributed by atoms with E-state index in [0.29, 0.717) is 24.3 Å². The normalized spacial score (nSPS) is 16.5. The molecule has 0 spiro atoms. The number of aromatic nitrogens is 1. The molecule has 138 valence electrons. The lowest BCUT2D eigenvalue weighted by molar-refractivity contribution is -0.119. The van der Waals surface area contributed by atoms with E-state index in [4.69, 9.17) is 4.74 Å². The Kier molecular flexibility index (Phi) is 4.54. The van der Waals surface area contributed by atoms with Crippen LogP contribution in [0.5, 0.6) is 5.75 Å². The highest BCUT2D eigenvalue weighted by Gasteiger charge is 2.35. The Morgan fingerprint density at radius 1 is 1.15 bits per heavy atom. The van der Waals surface area contributed by atoms with Crippen molar-refractivity contribution in [2.45, 2.75) is 18.9 Å². The van der Waals surface area contributed by atoms with Gasteiger partial charge in [-0.1, -0.05) is 18.2 Å². The van der Waals surface area contributed by atoms with Crippen molar-refractivity contribution in [3.05, 3.63) is 60.3 Å². The van der Waals surface area contributed by atoms with Crippen LogP contribution in [0.15, 0.2) is 54.6 Å². The zero-order valence-electron chi connectivity index (χ0n) is 15.1. The largest absolute Gasteiger partial charge is 0.497 e. The van der Waals surface area contributed by atoms with Gasteiger partial charge in [0, 0.05) is 23.1 Å². The van der Waals surface area contributed by atoms with Crippen LogP contribution in [0, 0.1) is 0 Å². The lowest BCUT2D eigenvalue weighted by Gasteiger charge is -2.23. The Balaban J connectivity index is 1.50. The number of carbonyl (C=O) groups excluding carboxylic acids is 2. The molecule has 0 saturated carbocycles. The average molecular weight is 363 g/mol. The van der Waals surface area contributed by atoms with Crippen molar-refractivity contribution in [1.29, 1.82) is 0 Å². The van der Waals surface area contributed by atoms with Gasteiger partial charge in [-0.05, 0) is 49.2 Å². The standard InChI is InChI=1S/C21H21N3O3/c1-27-16-10-8-15(9-11-16)22-20(25)19-7-4-12-24(19)21(26)18-13-14-5-2-3-6-17(14)23-18/h2-3,5-6,8-11,13,19,23H,4,7,12H2,1H3,(H,22,25)/t19-/m0/s1. The maximum Gasteiger partial charge on any atom is 0.270 e. The smallest absolute Gasteiger partial charge is 0.270 e. The van der Waals surface area contributed by atoms with Gasteiger partial charge in [-0.15, -0.1) is 0 Å². The number of aromatic amines is 1. The minimum Gasteiger partial charge on any atom is -0.497 e. The molecule has 0 bridgehead atoms. The van der Waals surface area contributed by atoms with Crippen LogP contribution in [-0.2, 0) is 4.79 Å². The van der Waals surface area contributed by atoms with Crippen LogP contribution in [0.3, 0.4) is 0 Å². The molecule has 2 N–H and O–H groups in total. The molecule has 1 aromatic heterocycles. The quantitative estimate of drug-likeness (QED) is 0.746. The zero-order chi connectivity index (χ0) is 18.8. The second-order valence-electron chi connectivity index (χ2n) is 6.64. The monoisotopic (exact) mass is 363 g/mol. The molecule has 1 fully saturated rings. The number of nitrogens with zero attached hydrogens (tertiary/aromatic N) is 1. The van der Waals surface area contributed by atoms with Crippen LogP contribution < -0.4 is 10.1 Å². The minimum absolute atomic E-state index is 0.140. The van der Waals surface area contributed by atoms with Crippen LogP contribution in [-0.4, -0.2) is 41.4 Å². The van der Waals surface area contributed by atoms with Crippen LogP contribution in [0.4, 0.5) is 5.69 Å². The summed E-state index contributed by atoms with van der Waals surface area (Å²) < 4.78 is 5.13. The van der Waals surface area contributed by atoms with Crippen LogP contribution in [0.25, 0.3) is 10.9 Å². The number of hydrogen-bond acceptors (Lipinski definition) is 3. The Morgan fingerprint density at radius 3 is 2.67 bits per heavy atom. The van der Waals surface area contributed by atoms with E-state index >= 15 is 0 Å². The number of fused-ring (bicyclic) bond motifs is 1. The van der Waals surface area contributed by atoms with Gasteiger partial charge in [0.1, 0.15) is 17.5 Å². The first kappa shape index (κ1) is 17.1. The van der Waals surface area contributed by atoms with Gasteiger partial charge in [-0.2, -0.15) is 0 Å². The van der Waals surface area contributed by atoms with E-state index in [-0.39, 0.29) is 11.8 Å². The summed E-state index contributed by atoms with van der Waals surface area (Å²) in [6.45, 7) is 0.578. The van der Waals surface area contributed by atoms with Crippen LogP contribution in [0.1, 0.15) is 23.3 Å². The Morgan fingerprint density at radius 2 is 1.93 bits per heavy atom. The fourth-order valence-corrected chi connectivity index (χ4v) is 3.53. The first-order chi connectivity index (χ1) is 13.2. The lowest BCUT2D eigenvalue weighted by atomic mass is 10.2. The number of carbonyl (C=O) groups is 2. The molecule has 2 amide bonds. The number of rotatable bonds is 4. The molecule has 1 aliphatic rings. The zero-order valence-corrected chi connectivity index (χ0v) is 15.1. The third-order valence-corrected chi connectivity index (χ3v) is 4.93. The highest BCUT2D eigenvalue weighted by molar-refractivity contribution is 6.03. The van der Waals surface area contributed by atoms with E-state index in [0.717, 1.165) is 23.1 Å². The van der Waals surface area contributed by atoms with Crippen molar-refractivity contribution in [3.63, 3.8) is 0 Å². The van der Waals surface area contributed by atoms with Gasteiger partial charge in [-0.25, -0.2) is 0 Å². The van der Waals surface area contributed by atoms with E-state index in [2.05, 4.69) is 10.3 Å². The van der Waals surface area contributed by atoms with E-state index in [1.165, 1.54) is 0 Å². The van der Waals surface area contributed by atoms with Gasteiger partial charge in [0.15, 0.2) is 0 Å². The topological polar surface area (TPSA) is 74.4 Å². The highest BCUT2D eigenvalue weighted by atomic mass is 16.5. The number of amides is 2. The third-order valence-electron chi connectivity index (χ3n) is 4.93. The summed E-state index contributed by atoms with van der Waals surface area (Å²) in [6.07, 6.45) is 1.47. The molecule has 27 heavy (non-hydrogen) atoms. The predicted octanol–water partition coefficient (Wildman–Crippen LogP) is 3.42. The van der Waals surface area contributed by atoms with Gasteiger partial charge >= 0.3 is 0 Å². The van der Waals surface area contributed by atoms with Crippen molar-refractivity contribution in [2.75, 3.05) is 19.0 Å². The van der Waals surface area contributed by atoms with Crippen molar-refractivity contribution >= 4 is 28.4 Å². The fourth-order valence-electron chi connectivity index (χ4n) is 3.53.